The molecule has 0 atom stereocenters. The minimum atomic E-state index is 0.154. The van der Waals surface area contributed by atoms with Gasteiger partial charge in [-0.25, -0.2) is 9.98 Å². The third kappa shape index (κ3) is 6.30. The number of carbonyl (C=O) groups excluding carboxylic acids is 1. The van der Waals surface area contributed by atoms with Crippen LogP contribution in [0.5, 0.6) is 0 Å². The van der Waals surface area contributed by atoms with Crippen molar-refractivity contribution in [3.63, 3.8) is 0 Å². The Bertz CT molecular complexity index is 867. The number of hydrogen-bond acceptors (Lipinski definition) is 4. The SMILES string of the molecule is CCNC(=NCc1nccn1Cc1ccccc1)N1CCN(CC(=O)NC2CC2)CC1. The molecule has 1 amide bonds. The molecular formula is C23H33N7O. The molecule has 166 valence electrons. The van der Waals surface area contributed by atoms with E-state index in [1.165, 1.54) is 5.56 Å². The quantitative estimate of drug-likeness (QED) is 0.494. The highest BCUT2D eigenvalue weighted by atomic mass is 16.2. The first kappa shape index (κ1) is 21.4. The van der Waals surface area contributed by atoms with E-state index in [0.717, 1.165) is 63.9 Å². The zero-order valence-corrected chi connectivity index (χ0v) is 18.3. The molecule has 4 rings (SSSR count). The van der Waals surface area contributed by atoms with E-state index in [9.17, 15) is 4.79 Å². The standard InChI is InChI=1S/C23H33N7O/c1-2-24-23(29-14-12-28(13-15-29)18-22(31)27-20-8-9-20)26-16-21-25-10-11-30(21)17-19-6-4-3-5-7-19/h3-7,10-11,20H,2,8-9,12-18H2,1H3,(H,24,26)(H,27,31). The van der Waals surface area contributed by atoms with Gasteiger partial charge in [-0.05, 0) is 25.3 Å². The summed E-state index contributed by atoms with van der Waals surface area (Å²) < 4.78 is 2.15. The third-order valence-electron chi connectivity index (χ3n) is 5.68. The fourth-order valence-electron chi connectivity index (χ4n) is 3.81. The number of aliphatic imine (C=N–C) groups is 1. The zero-order chi connectivity index (χ0) is 21.5. The molecule has 31 heavy (non-hydrogen) atoms. The van der Waals surface area contributed by atoms with Crippen molar-refractivity contribution in [1.82, 2.24) is 30.0 Å². The summed E-state index contributed by atoms with van der Waals surface area (Å²) in [5, 5.41) is 6.49. The number of rotatable bonds is 8. The van der Waals surface area contributed by atoms with Gasteiger partial charge in [-0.2, -0.15) is 0 Å². The normalized spacial score (nSPS) is 17.6. The number of aromatic nitrogens is 2. The number of nitrogens with zero attached hydrogens (tertiary/aromatic N) is 5. The minimum Gasteiger partial charge on any atom is -0.357 e. The second kappa shape index (κ2) is 10.4. The molecule has 8 nitrogen and oxygen atoms in total. The van der Waals surface area contributed by atoms with Crippen molar-refractivity contribution in [3.05, 3.63) is 54.1 Å². The minimum absolute atomic E-state index is 0.154. The van der Waals surface area contributed by atoms with Crippen LogP contribution in [0.3, 0.4) is 0 Å². The van der Waals surface area contributed by atoms with Gasteiger partial charge in [0.2, 0.25) is 5.91 Å². The Morgan fingerprint density at radius 1 is 1.16 bits per heavy atom. The van der Waals surface area contributed by atoms with Crippen LogP contribution in [-0.2, 0) is 17.9 Å². The maximum absolute atomic E-state index is 12.1. The molecule has 1 aliphatic heterocycles. The molecule has 1 aromatic heterocycles. The first-order valence-corrected chi connectivity index (χ1v) is 11.3. The Morgan fingerprint density at radius 3 is 2.65 bits per heavy atom. The molecule has 8 heteroatoms. The predicted molar refractivity (Wildman–Crippen MR) is 122 cm³/mol. The Hall–Kier alpha value is -2.87. The van der Waals surface area contributed by atoms with Crippen molar-refractivity contribution in [3.8, 4) is 0 Å². The van der Waals surface area contributed by atoms with Gasteiger partial charge in [0.25, 0.3) is 0 Å². The van der Waals surface area contributed by atoms with Gasteiger partial charge in [0.05, 0.1) is 6.54 Å². The Labute approximate surface area is 184 Å². The number of amides is 1. The fourth-order valence-corrected chi connectivity index (χ4v) is 3.81. The molecule has 2 fully saturated rings. The van der Waals surface area contributed by atoms with Crippen LogP contribution < -0.4 is 10.6 Å². The number of carbonyl (C=O) groups is 1. The molecule has 1 aliphatic carbocycles. The summed E-state index contributed by atoms with van der Waals surface area (Å²) >= 11 is 0. The van der Waals surface area contributed by atoms with Gasteiger partial charge in [-0.3, -0.25) is 9.69 Å². The van der Waals surface area contributed by atoms with Gasteiger partial charge in [0, 0.05) is 57.7 Å². The van der Waals surface area contributed by atoms with E-state index < -0.39 is 0 Å². The highest BCUT2D eigenvalue weighted by molar-refractivity contribution is 5.80. The van der Waals surface area contributed by atoms with Gasteiger partial charge in [0.15, 0.2) is 5.96 Å². The summed E-state index contributed by atoms with van der Waals surface area (Å²) in [5.74, 6) is 2.02. The summed E-state index contributed by atoms with van der Waals surface area (Å²) in [4.78, 5) is 26.0. The van der Waals surface area contributed by atoms with Crippen LogP contribution in [0.4, 0.5) is 0 Å². The highest BCUT2D eigenvalue weighted by Crippen LogP contribution is 2.18. The lowest BCUT2D eigenvalue weighted by molar-refractivity contribution is -0.122. The second-order valence-corrected chi connectivity index (χ2v) is 8.23. The summed E-state index contributed by atoms with van der Waals surface area (Å²) in [7, 11) is 0. The van der Waals surface area contributed by atoms with Crippen molar-refractivity contribution in [2.75, 3.05) is 39.3 Å². The lowest BCUT2D eigenvalue weighted by Crippen LogP contribution is -2.54. The van der Waals surface area contributed by atoms with E-state index in [1.54, 1.807) is 0 Å². The Balaban J connectivity index is 1.32. The fraction of sp³-hybridized carbons (Fsp3) is 0.522. The van der Waals surface area contributed by atoms with Gasteiger partial charge in [-0.1, -0.05) is 30.3 Å². The number of nitrogens with one attached hydrogen (secondary N) is 2. The van der Waals surface area contributed by atoms with Crippen LogP contribution in [0.1, 0.15) is 31.2 Å². The summed E-state index contributed by atoms with van der Waals surface area (Å²) in [6.45, 7) is 8.19. The van der Waals surface area contributed by atoms with Crippen LogP contribution in [-0.4, -0.2) is 76.5 Å². The number of guanidine groups is 1. The van der Waals surface area contributed by atoms with E-state index in [1.807, 2.05) is 18.5 Å². The summed E-state index contributed by atoms with van der Waals surface area (Å²) in [5.41, 5.74) is 1.25. The van der Waals surface area contributed by atoms with E-state index in [4.69, 9.17) is 4.99 Å². The molecule has 0 unspecified atom stereocenters. The number of imidazole rings is 1. The first-order valence-electron chi connectivity index (χ1n) is 11.3. The van der Waals surface area contributed by atoms with E-state index >= 15 is 0 Å². The van der Waals surface area contributed by atoms with Gasteiger partial charge >= 0.3 is 0 Å². The first-order chi connectivity index (χ1) is 15.2. The van der Waals surface area contributed by atoms with Crippen LogP contribution in [0.25, 0.3) is 0 Å². The molecule has 2 aliphatic rings. The zero-order valence-electron chi connectivity index (χ0n) is 18.3. The van der Waals surface area contributed by atoms with Crippen molar-refractivity contribution >= 4 is 11.9 Å². The average Bonchev–Trinajstić information content (AvgIpc) is 3.49. The number of hydrogen-bond donors (Lipinski definition) is 2. The highest BCUT2D eigenvalue weighted by Gasteiger charge is 2.26. The monoisotopic (exact) mass is 423 g/mol. The third-order valence-corrected chi connectivity index (χ3v) is 5.68. The largest absolute Gasteiger partial charge is 0.357 e. The van der Waals surface area contributed by atoms with Crippen LogP contribution in [0.15, 0.2) is 47.7 Å². The van der Waals surface area contributed by atoms with Crippen LogP contribution in [0, 0.1) is 0 Å². The van der Waals surface area contributed by atoms with E-state index in [2.05, 4.69) is 61.2 Å². The summed E-state index contributed by atoms with van der Waals surface area (Å²) in [6.07, 6.45) is 6.11. The lowest BCUT2D eigenvalue weighted by Gasteiger charge is -2.36. The smallest absolute Gasteiger partial charge is 0.234 e. The second-order valence-electron chi connectivity index (χ2n) is 8.23. The molecular weight excluding hydrogens is 390 g/mol. The van der Waals surface area contributed by atoms with E-state index in [0.29, 0.717) is 19.1 Å². The topological polar surface area (TPSA) is 77.8 Å². The molecule has 0 spiro atoms. The van der Waals surface area contributed by atoms with Crippen molar-refractivity contribution in [2.45, 2.75) is 38.9 Å². The molecule has 1 saturated heterocycles. The van der Waals surface area contributed by atoms with Gasteiger partial charge in [0.1, 0.15) is 12.4 Å². The van der Waals surface area contributed by atoms with E-state index in [-0.39, 0.29) is 5.91 Å². The van der Waals surface area contributed by atoms with Crippen LogP contribution >= 0.6 is 0 Å². The van der Waals surface area contributed by atoms with Crippen LogP contribution in [0.2, 0.25) is 0 Å². The maximum atomic E-state index is 12.1. The molecule has 2 N–H and O–H groups in total. The van der Waals surface area contributed by atoms with Crippen molar-refractivity contribution < 1.29 is 4.79 Å². The molecule has 2 aromatic rings. The maximum Gasteiger partial charge on any atom is 0.234 e. The van der Waals surface area contributed by atoms with Crippen molar-refractivity contribution in [1.29, 1.82) is 0 Å². The predicted octanol–water partition coefficient (Wildman–Crippen LogP) is 1.29. The lowest BCUT2D eigenvalue weighted by atomic mass is 10.2. The van der Waals surface area contributed by atoms with Crippen molar-refractivity contribution in [2.24, 2.45) is 4.99 Å². The van der Waals surface area contributed by atoms with Gasteiger partial charge < -0.3 is 20.1 Å². The molecule has 1 aromatic carbocycles. The molecule has 0 radical (unpaired) electrons. The molecule has 2 heterocycles. The van der Waals surface area contributed by atoms with Gasteiger partial charge in [-0.15, -0.1) is 0 Å². The Kier molecular flexibility index (Phi) is 7.19. The molecule has 0 bridgehead atoms. The molecule has 1 saturated carbocycles. The average molecular weight is 424 g/mol. The number of piperazine rings is 1. The number of benzene rings is 1. The summed E-state index contributed by atoms with van der Waals surface area (Å²) in [6, 6.07) is 10.8. The Morgan fingerprint density at radius 2 is 1.94 bits per heavy atom.